The van der Waals surface area contributed by atoms with Crippen LogP contribution in [-0.4, -0.2) is 23.2 Å². The highest BCUT2D eigenvalue weighted by Gasteiger charge is 2.27. The molecule has 0 unspecified atom stereocenters. The molecule has 1 aromatic carbocycles. The van der Waals surface area contributed by atoms with E-state index < -0.39 is 10.9 Å². The molecule has 0 saturated carbocycles. The fourth-order valence-electron chi connectivity index (χ4n) is 2.35. The van der Waals surface area contributed by atoms with Crippen LogP contribution >= 0.6 is 0 Å². The van der Waals surface area contributed by atoms with Gasteiger partial charge in [0, 0.05) is 11.1 Å². The largest absolute Gasteiger partial charge is 0.465 e. The van der Waals surface area contributed by atoms with E-state index in [2.05, 4.69) is 9.89 Å². The summed E-state index contributed by atoms with van der Waals surface area (Å²) < 4.78 is 9.68. The van der Waals surface area contributed by atoms with Crippen molar-refractivity contribution in [2.45, 2.75) is 20.8 Å². The van der Waals surface area contributed by atoms with Crippen molar-refractivity contribution in [3.8, 4) is 11.1 Å². The summed E-state index contributed by atoms with van der Waals surface area (Å²) in [4.78, 5) is 22.4. The summed E-state index contributed by atoms with van der Waals surface area (Å²) in [6, 6.07) is 3.03. The Bertz CT molecular complexity index is 714. The number of methoxy groups -OCH3 is 1. The van der Waals surface area contributed by atoms with Crippen molar-refractivity contribution in [2.75, 3.05) is 7.11 Å². The first-order valence-electron chi connectivity index (χ1n) is 6.18. The van der Waals surface area contributed by atoms with Crippen LogP contribution in [0.2, 0.25) is 0 Å². The Hall–Kier alpha value is -2.70. The monoisotopic (exact) mass is 290 g/mol. The smallest absolute Gasteiger partial charge is 0.344 e. The van der Waals surface area contributed by atoms with Crippen LogP contribution < -0.4 is 0 Å². The Labute approximate surface area is 120 Å². The summed E-state index contributed by atoms with van der Waals surface area (Å²) in [5.41, 5.74) is 1.99. The molecule has 2 aromatic rings. The zero-order valence-electron chi connectivity index (χ0n) is 12.1. The SMILES string of the molecule is COC(=O)c1ccc(-c2c(C)noc2C)c(C)c1[N+](=O)[O-]. The van der Waals surface area contributed by atoms with E-state index in [0.717, 1.165) is 0 Å². The first-order valence-corrected chi connectivity index (χ1v) is 6.18. The molecular weight excluding hydrogens is 276 g/mol. The number of carbonyl (C=O) groups excluding carboxylic acids is 1. The van der Waals surface area contributed by atoms with E-state index in [1.54, 1.807) is 26.8 Å². The van der Waals surface area contributed by atoms with Crippen molar-refractivity contribution in [3.63, 3.8) is 0 Å². The molecule has 0 bridgehead atoms. The first-order chi connectivity index (χ1) is 9.88. The summed E-state index contributed by atoms with van der Waals surface area (Å²) in [5, 5.41) is 15.2. The van der Waals surface area contributed by atoms with Crippen LogP contribution in [0.5, 0.6) is 0 Å². The number of hydrogen-bond acceptors (Lipinski definition) is 6. The minimum absolute atomic E-state index is 0.0736. The standard InChI is InChI=1S/C14H14N2O5/c1-7-10(12-8(2)15-21-9(12)3)5-6-11(14(17)20-4)13(7)16(18)19/h5-6H,1-4H3. The number of esters is 1. The van der Waals surface area contributed by atoms with Gasteiger partial charge in [-0.25, -0.2) is 4.79 Å². The van der Waals surface area contributed by atoms with Gasteiger partial charge in [0.2, 0.25) is 0 Å². The maximum Gasteiger partial charge on any atom is 0.344 e. The van der Waals surface area contributed by atoms with Crippen LogP contribution in [0.15, 0.2) is 16.7 Å². The van der Waals surface area contributed by atoms with Crippen molar-refractivity contribution in [2.24, 2.45) is 0 Å². The first kappa shape index (κ1) is 14.7. The lowest BCUT2D eigenvalue weighted by Crippen LogP contribution is -2.08. The highest BCUT2D eigenvalue weighted by Crippen LogP contribution is 2.36. The number of rotatable bonds is 3. The second-order valence-corrected chi connectivity index (χ2v) is 4.58. The van der Waals surface area contributed by atoms with Gasteiger partial charge in [-0.15, -0.1) is 0 Å². The molecule has 0 aliphatic heterocycles. The lowest BCUT2D eigenvalue weighted by atomic mass is 9.95. The summed E-state index contributed by atoms with van der Waals surface area (Å²) in [7, 11) is 1.18. The molecule has 0 aliphatic carbocycles. The predicted octanol–water partition coefficient (Wildman–Crippen LogP) is 2.96. The molecule has 110 valence electrons. The van der Waals surface area contributed by atoms with E-state index in [9.17, 15) is 14.9 Å². The number of aromatic nitrogens is 1. The molecule has 7 nitrogen and oxygen atoms in total. The van der Waals surface area contributed by atoms with E-state index in [4.69, 9.17) is 4.52 Å². The summed E-state index contributed by atoms with van der Waals surface area (Å²) in [6.07, 6.45) is 0. The Balaban J connectivity index is 2.75. The van der Waals surface area contributed by atoms with Gasteiger partial charge in [-0.1, -0.05) is 11.2 Å². The quantitative estimate of drug-likeness (QED) is 0.490. The third-order valence-electron chi connectivity index (χ3n) is 3.32. The Kier molecular flexibility index (Phi) is 3.75. The highest BCUT2D eigenvalue weighted by atomic mass is 16.6. The molecular formula is C14H14N2O5. The molecule has 0 saturated heterocycles. The molecule has 1 heterocycles. The van der Waals surface area contributed by atoms with Crippen molar-refractivity contribution < 1.29 is 19.0 Å². The normalized spacial score (nSPS) is 10.5. The van der Waals surface area contributed by atoms with Crippen molar-refractivity contribution >= 4 is 11.7 Å². The van der Waals surface area contributed by atoms with Crippen LogP contribution in [0, 0.1) is 30.9 Å². The molecule has 0 radical (unpaired) electrons. The lowest BCUT2D eigenvalue weighted by Gasteiger charge is -2.09. The number of nitro benzene ring substituents is 1. The average molecular weight is 290 g/mol. The molecule has 0 atom stereocenters. The number of hydrogen-bond donors (Lipinski definition) is 0. The van der Waals surface area contributed by atoms with E-state index in [1.165, 1.54) is 13.2 Å². The fourth-order valence-corrected chi connectivity index (χ4v) is 2.35. The Morgan fingerprint density at radius 3 is 2.48 bits per heavy atom. The van der Waals surface area contributed by atoms with Crippen LogP contribution in [0.4, 0.5) is 5.69 Å². The maximum atomic E-state index is 11.7. The number of ether oxygens (including phenoxy) is 1. The Morgan fingerprint density at radius 2 is 2.00 bits per heavy atom. The van der Waals surface area contributed by atoms with Crippen LogP contribution in [0.1, 0.15) is 27.4 Å². The molecule has 21 heavy (non-hydrogen) atoms. The van der Waals surface area contributed by atoms with E-state index >= 15 is 0 Å². The highest BCUT2D eigenvalue weighted by molar-refractivity contribution is 5.96. The molecule has 7 heteroatoms. The predicted molar refractivity (Wildman–Crippen MR) is 74.1 cm³/mol. The number of nitro groups is 1. The van der Waals surface area contributed by atoms with Crippen LogP contribution in [-0.2, 0) is 4.74 Å². The maximum absolute atomic E-state index is 11.7. The van der Waals surface area contributed by atoms with E-state index in [0.29, 0.717) is 28.1 Å². The van der Waals surface area contributed by atoms with Gasteiger partial charge < -0.3 is 9.26 Å². The third kappa shape index (κ3) is 2.37. The molecule has 0 amide bonds. The third-order valence-corrected chi connectivity index (χ3v) is 3.32. The zero-order valence-corrected chi connectivity index (χ0v) is 12.1. The molecule has 0 fully saturated rings. The van der Waals surface area contributed by atoms with Crippen LogP contribution in [0.25, 0.3) is 11.1 Å². The minimum atomic E-state index is -0.741. The Morgan fingerprint density at radius 1 is 1.33 bits per heavy atom. The van der Waals surface area contributed by atoms with Gasteiger partial charge >= 0.3 is 5.97 Å². The summed E-state index contributed by atoms with van der Waals surface area (Å²) in [6.45, 7) is 5.08. The van der Waals surface area contributed by atoms with Gasteiger partial charge in [-0.3, -0.25) is 10.1 Å². The van der Waals surface area contributed by atoms with Gasteiger partial charge in [-0.2, -0.15) is 0 Å². The minimum Gasteiger partial charge on any atom is -0.465 e. The summed E-state index contributed by atoms with van der Waals surface area (Å²) in [5.74, 6) is -0.175. The zero-order chi connectivity index (χ0) is 15.7. The number of nitrogens with zero attached hydrogens (tertiary/aromatic N) is 2. The molecule has 0 aliphatic rings. The van der Waals surface area contributed by atoms with E-state index in [-0.39, 0.29) is 11.3 Å². The average Bonchev–Trinajstić information content (AvgIpc) is 2.77. The summed E-state index contributed by atoms with van der Waals surface area (Å²) >= 11 is 0. The second kappa shape index (κ2) is 5.35. The fraction of sp³-hybridized carbons (Fsp3) is 0.286. The van der Waals surface area contributed by atoms with Crippen LogP contribution in [0.3, 0.4) is 0 Å². The number of benzene rings is 1. The van der Waals surface area contributed by atoms with Crippen molar-refractivity contribution in [1.29, 1.82) is 0 Å². The molecule has 0 spiro atoms. The number of carbonyl (C=O) groups is 1. The van der Waals surface area contributed by atoms with Gasteiger partial charge in [-0.05, 0) is 32.4 Å². The van der Waals surface area contributed by atoms with Crippen molar-refractivity contribution in [3.05, 3.63) is 44.8 Å². The van der Waals surface area contributed by atoms with Gasteiger partial charge in [0.05, 0.1) is 17.7 Å². The van der Waals surface area contributed by atoms with E-state index in [1.807, 2.05) is 0 Å². The van der Waals surface area contributed by atoms with Gasteiger partial charge in [0.1, 0.15) is 11.3 Å². The van der Waals surface area contributed by atoms with Gasteiger partial charge in [0.25, 0.3) is 5.69 Å². The lowest BCUT2D eigenvalue weighted by molar-refractivity contribution is -0.385. The molecule has 2 rings (SSSR count). The second-order valence-electron chi connectivity index (χ2n) is 4.58. The molecule has 0 N–H and O–H groups in total. The van der Waals surface area contributed by atoms with Crippen molar-refractivity contribution in [1.82, 2.24) is 5.16 Å². The topological polar surface area (TPSA) is 95.5 Å². The number of aryl methyl sites for hydroxylation is 2. The molecule has 1 aromatic heterocycles. The van der Waals surface area contributed by atoms with Gasteiger partial charge in [0.15, 0.2) is 0 Å².